The van der Waals surface area contributed by atoms with Crippen LogP contribution in [-0.4, -0.2) is 46.2 Å². The van der Waals surface area contributed by atoms with Gasteiger partial charge in [0.05, 0.1) is 18.7 Å². The van der Waals surface area contributed by atoms with Crippen LogP contribution in [0.15, 0.2) is 42.9 Å². The lowest BCUT2D eigenvalue weighted by atomic mass is 10.0. The Balaban J connectivity index is 1.49. The van der Waals surface area contributed by atoms with Crippen molar-refractivity contribution in [2.45, 2.75) is 18.5 Å². The minimum atomic E-state index is -0.354. The number of rotatable bonds is 4. The maximum atomic E-state index is 13.8. The molecule has 2 atom stereocenters. The first-order valence-corrected chi connectivity index (χ1v) is 8.39. The number of aromatic amines is 1. The first-order chi connectivity index (χ1) is 12.7. The van der Waals surface area contributed by atoms with Crippen LogP contribution in [0.25, 0.3) is 10.9 Å². The average Bonchev–Trinajstić information content (AvgIpc) is 3.10. The van der Waals surface area contributed by atoms with Crippen LogP contribution < -0.4 is 10.6 Å². The van der Waals surface area contributed by atoms with E-state index in [9.17, 15) is 9.18 Å². The standard InChI is InChI=1S/C18H18FN5O2/c19-12-2-1-3-13-11(12)8-15(22-13)18(25)24-14-5-7-26-9-16(14)23-17-4-6-20-10-21-17/h1-4,6,8,10,14,16,22H,5,7,9H2,(H,24,25)(H,20,21,23)/t14-,16+/m0/s1. The molecule has 7 nitrogen and oxygen atoms in total. The summed E-state index contributed by atoms with van der Waals surface area (Å²) in [5, 5.41) is 6.67. The molecule has 0 spiro atoms. The molecule has 3 aromatic rings. The highest BCUT2D eigenvalue weighted by Crippen LogP contribution is 2.19. The van der Waals surface area contributed by atoms with E-state index >= 15 is 0 Å². The van der Waals surface area contributed by atoms with Gasteiger partial charge in [0.2, 0.25) is 0 Å². The number of nitrogens with zero attached hydrogens (tertiary/aromatic N) is 2. The van der Waals surface area contributed by atoms with Gasteiger partial charge in [-0.15, -0.1) is 0 Å². The molecule has 4 rings (SSSR count). The summed E-state index contributed by atoms with van der Waals surface area (Å²) >= 11 is 0. The van der Waals surface area contributed by atoms with E-state index in [-0.39, 0.29) is 23.8 Å². The van der Waals surface area contributed by atoms with Crippen LogP contribution in [0.1, 0.15) is 16.9 Å². The van der Waals surface area contributed by atoms with Gasteiger partial charge >= 0.3 is 0 Å². The van der Waals surface area contributed by atoms with E-state index in [1.807, 2.05) is 0 Å². The number of carbonyl (C=O) groups excluding carboxylic acids is 1. The van der Waals surface area contributed by atoms with Gasteiger partial charge in [-0.3, -0.25) is 4.79 Å². The van der Waals surface area contributed by atoms with Gasteiger partial charge < -0.3 is 20.4 Å². The average molecular weight is 355 g/mol. The number of ether oxygens (including phenoxy) is 1. The van der Waals surface area contributed by atoms with Crippen molar-refractivity contribution in [3.05, 3.63) is 54.4 Å². The molecule has 1 aromatic carbocycles. The molecule has 0 aliphatic carbocycles. The fraction of sp³-hybridized carbons (Fsp3) is 0.278. The van der Waals surface area contributed by atoms with E-state index in [0.717, 1.165) is 0 Å². The maximum Gasteiger partial charge on any atom is 0.268 e. The third-order valence-corrected chi connectivity index (χ3v) is 4.44. The molecule has 8 heteroatoms. The van der Waals surface area contributed by atoms with Crippen LogP contribution in [0.3, 0.4) is 0 Å². The normalized spacial score (nSPS) is 20.0. The van der Waals surface area contributed by atoms with E-state index in [0.29, 0.717) is 42.0 Å². The molecule has 134 valence electrons. The van der Waals surface area contributed by atoms with Gasteiger partial charge in [0.15, 0.2) is 0 Å². The van der Waals surface area contributed by atoms with E-state index in [1.54, 1.807) is 24.4 Å². The number of fused-ring (bicyclic) bond motifs is 1. The molecule has 0 unspecified atom stereocenters. The number of hydrogen-bond donors (Lipinski definition) is 3. The number of carbonyl (C=O) groups is 1. The van der Waals surface area contributed by atoms with Crippen LogP contribution in [0.4, 0.5) is 10.2 Å². The Hall–Kier alpha value is -3.00. The van der Waals surface area contributed by atoms with Gasteiger partial charge in [-0.2, -0.15) is 0 Å². The maximum absolute atomic E-state index is 13.8. The zero-order chi connectivity index (χ0) is 17.9. The highest BCUT2D eigenvalue weighted by Gasteiger charge is 2.28. The zero-order valence-corrected chi connectivity index (χ0v) is 13.9. The molecule has 3 heterocycles. The predicted octanol–water partition coefficient (Wildman–Crippen LogP) is 2.10. The first-order valence-electron chi connectivity index (χ1n) is 8.39. The largest absolute Gasteiger partial charge is 0.379 e. The minimum Gasteiger partial charge on any atom is -0.379 e. The molecule has 26 heavy (non-hydrogen) atoms. The molecule has 0 bridgehead atoms. The van der Waals surface area contributed by atoms with E-state index in [1.165, 1.54) is 18.5 Å². The van der Waals surface area contributed by atoms with Crippen molar-refractivity contribution >= 4 is 22.6 Å². The molecular weight excluding hydrogens is 337 g/mol. The molecule has 1 aliphatic heterocycles. The number of benzene rings is 1. The SMILES string of the molecule is O=C(N[C@H]1CCOC[C@H]1Nc1ccncn1)c1cc2c(F)cccc2[nH]1. The Bertz CT molecular complexity index is 914. The molecule has 0 saturated carbocycles. The number of anilines is 1. The number of amides is 1. The van der Waals surface area contributed by atoms with E-state index in [4.69, 9.17) is 4.74 Å². The van der Waals surface area contributed by atoms with Crippen molar-refractivity contribution in [1.29, 1.82) is 0 Å². The smallest absolute Gasteiger partial charge is 0.268 e. The second-order valence-electron chi connectivity index (χ2n) is 6.17. The van der Waals surface area contributed by atoms with Crippen LogP contribution in [-0.2, 0) is 4.74 Å². The second-order valence-corrected chi connectivity index (χ2v) is 6.17. The quantitative estimate of drug-likeness (QED) is 0.667. The molecule has 1 amide bonds. The Labute approximate surface area is 149 Å². The zero-order valence-electron chi connectivity index (χ0n) is 13.9. The van der Waals surface area contributed by atoms with Gasteiger partial charge in [0, 0.05) is 23.7 Å². The van der Waals surface area contributed by atoms with Crippen molar-refractivity contribution < 1.29 is 13.9 Å². The summed E-state index contributed by atoms with van der Waals surface area (Å²) in [7, 11) is 0. The van der Waals surface area contributed by atoms with E-state index < -0.39 is 0 Å². The lowest BCUT2D eigenvalue weighted by Gasteiger charge is -2.32. The number of hydrogen-bond acceptors (Lipinski definition) is 5. The van der Waals surface area contributed by atoms with Crippen molar-refractivity contribution in [1.82, 2.24) is 20.3 Å². The lowest BCUT2D eigenvalue weighted by molar-refractivity contribution is 0.0618. The lowest BCUT2D eigenvalue weighted by Crippen LogP contribution is -2.52. The van der Waals surface area contributed by atoms with Crippen molar-refractivity contribution in [3.8, 4) is 0 Å². The number of halogens is 1. The summed E-state index contributed by atoms with van der Waals surface area (Å²) in [5.41, 5.74) is 0.926. The fourth-order valence-corrected chi connectivity index (χ4v) is 3.11. The van der Waals surface area contributed by atoms with Crippen LogP contribution in [0.5, 0.6) is 0 Å². The Morgan fingerprint density at radius 3 is 3.04 bits per heavy atom. The van der Waals surface area contributed by atoms with Crippen LogP contribution >= 0.6 is 0 Å². The highest BCUT2D eigenvalue weighted by molar-refractivity contribution is 5.98. The summed E-state index contributed by atoms with van der Waals surface area (Å²) in [5.74, 6) is 0.0385. The first kappa shape index (κ1) is 16.5. The molecule has 0 radical (unpaired) electrons. The van der Waals surface area contributed by atoms with Crippen LogP contribution in [0, 0.1) is 5.82 Å². The summed E-state index contributed by atoms with van der Waals surface area (Å²) < 4.78 is 19.4. The van der Waals surface area contributed by atoms with E-state index in [2.05, 4.69) is 25.6 Å². The van der Waals surface area contributed by atoms with Crippen LogP contribution in [0.2, 0.25) is 0 Å². The molecule has 1 aliphatic rings. The monoisotopic (exact) mass is 355 g/mol. The fourth-order valence-electron chi connectivity index (χ4n) is 3.11. The molecule has 1 fully saturated rings. The Morgan fingerprint density at radius 2 is 2.23 bits per heavy atom. The van der Waals surface area contributed by atoms with Gasteiger partial charge in [0.25, 0.3) is 5.91 Å². The van der Waals surface area contributed by atoms with Gasteiger partial charge in [0.1, 0.15) is 23.7 Å². The Kier molecular flexibility index (Phi) is 4.49. The number of aromatic nitrogens is 3. The topological polar surface area (TPSA) is 91.9 Å². The summed E-state index contributed by atoms with van der Waals surface area (Å²) in [4.78, 5) is 23.6. The molecule has 1 saturated heterocycles. The van der Waals surface area contributed by atoms with Crippen molar-refractivity contribution in [2.24, 2.45) is 0 Å². The van der Waals surface area contributed by atoms with Gasteiger partial charge in [-0.25, -0.2) is 14.4 Å². The second kappa shape index (κ2) is 7.09. The highest BCUT2D eigenvalue weighted by atomic mass is 19.1. The minimum absolute atomic E-state index is 0.122. The number of nitrogens with one attached hydrogen (secondary N) is 3. The summed E-state index contributed by atoms with van der Waals surface area (Å²) in [6.07, 6.45) is 3.77. The summed E-state index contributed by atoms with van der Waals surface area (Å²) in [6, 6.07) is 7.75. The van der Waals surface area contributed by atoms with Gasteiger partial charge in [-0.1, -0.05) is 6.07 Å². The summed E-state index contributed by atoms with van der Waals surface area (Å²) in [6.45, 7) is 1.02. The molecular formula is C18H18FN5O2. The molecule has 2 aromatic heterocycles. The Morgan fingerprint density at radius 1 is 1.31 bits per heavy atom. The molecule has 3 N–H and O–H groups in total. The third-order valence-electron chi connectivity index (χ3n) is 4.44. The third kappa shape index (κ3) is 3.36. The van der Waals surface area contributed by atoms with Gasteiger partial charge in [-0.05, 0) is 30.7 Å². The van der Waals surface area contributed by atoms with Crippen molar-refractivity contribution in [2.75, 3.05) is 18.5 Å². The predicted molar refractivity (Wildman–Crippen MR) is 94.4 cm³/mol. The van der Waals surface area contributed by atoms with Crippen molar-refractivity contribution in [3.63, 3.8) is 0 Å². The number of H-pyrrole nitrogens is 1.